The summed E-state index contributed by atoms with van der Waals surface area (Å²) in [4.78, 5) is 0. The lowest BCUT2D eigenvalue weighted by Gasteiger charge is -2.40. The summed E-state index contributed by atoms with van der Waals surface area (Å²) in [5.41, 5.74) is 9.85. The van der Waals surface area contributed by atoms with Crippen LogP contribution in [0.25, 0.3) is 0 Å². The predicted molar refractivity (Wildman–Crippen MR) is 70.2 cm³/mol. The zero-order valence-electron chi connectivity index (χ0n) is 11.1. The summed E-state index contributed by atoms with van der Waals surface area (Å²) in [5, 5.41) is 2.40. The summed E-state index contributed by atoms with van der Waals surface area (Å²) in [6.07, 6.45) is 8.88. The number of hydrazine groups is 1. The van der Waals surface area contributed by atoms with Crippen LogP contribution in [0.2, 0.25) is 0 Å². The Bertz CT molecular complexity index is 172. The minimum Gasteiger partial charge on any atom is -0.329 e. The topological polar surface area (TPSA) is 41.3 Å². The van der Waals surface area contributed by atoms with E-state index in [0.29, 0.717) is 0 Å². The molecule has 0 bridgehead atoms. The molecule has 0 spiro atoms. The van der Waals surface area contributed by atoms with E-state index in [9.17, 15) is 0 Å². The first-order valence-corrected chi connectivity index (χ1v) is 6.99. The molecule has 96 valence electrons. The number of unbranched alkanes of at least 4 members (excludes halogenated alkanes) is 1. The normalized spacial score (nSPS) is 21.9. The lowest BCUT2D eigenvalue weighted by molar-refractivity contribution is 0.0743. The molecule has 0 aromatic carbocycles. The fourth-order valence-electron chi connectivity index (χ4n) is 2.46. The van der Waals surface area contributed by atoms with E-state index in [2.05, 4.69) is 24.3 Å². The largest absolute Gasteiger partial charge is 0.329 e. The molecule has 0 radical (unpaired) electrons. The van der Waals surface area contributed by atoms with Gasteiger partial charge in [-0.05, 0) is 25.7 Å². The summed E-state index contributed by atoms with van der Waals surface area (Å²) >= 11 is 0. The van der Waals surface area contributed by atoms with Gasteiger partial charge < -0.3 is 5.73 Å². The van der Waals surface area contributed by atoms with Gasteiger partial charge in [-0.3, -0.25) is 0 Å². The van der Waals surface area contributed by atoms with Crippen molar-refractivity contribution in [3.05, 3.63) is 0 Å². The minimum atomic E-state index is 0.146. The highest BCUT2D eigenvalue weighted by Gasteiger charge is 2.28. The maximum absolute atomic E-state index is 5.99. The van der Waals surface area contributed by atoms with Gasteiger partial charge in [0.05, 0.1) is 0 Å². The van der Waals surface area contributed by atoms with Crippen LogP contribution >= 0.6 is 0 Å². The molecule has 1 heterocycles. The third-order valence-corrected chi connectivity index (χ3v) is 3.83. The number of rotatable bonds is 7. The van der Waals surface area contributed by atoms with Crippen LogP contribution in [-0.2, 0) is 0 Å². The molecule has 1 aliphatic heterocycles. The number of nitrogens with one attached hydrogen (secondary N) is 1. The second-order valence-corrected chi connectivity index (χ2v) is 5.10. The van der Waals surface area contributed by atoms with Crippen molar-refractivity contribution >= 4 is 0 Å². The van der Waals surface area contributed by atoms with Gasteiger partial charge >= 0.3 is 0 Å². The molecule has 0 aromatic heterocycles. The lowest BCUT2D eigenvalue weighted by Crippen LogP contribution is -2.59. The van der Waals surface area contributed by atoms with E-state index in [0.717, 1.165) is 13.0 Å². The number of piperidine rings is 1. The van der Waals surface area contributed by atoms with Crippen molar-refractivity contribution in [3.8, 4) is 0 Å². The second kappa shape index (κ2) is 7.25. The third-order valence-electron chi connectivity index (χ3n) is 3.83. The summed E-state index contributed by atoms with van der Waals surface area (Å²) in [6, 6.07) is 0. The van der Waals surface area contributed by atoms with Crippen LogP contribution < -0.4 is 11.2 Å². The van der Waals surface area contributed by atoms with Gasteiger partial charge in [-0.25, -0.2) is 10.4 Å². The van der Waals surface area contributed by atoms with Crippen LogP contribution in [0.15, 0.2) is 0 Å². The smallest absolute Gasteiger partial charge is 0.0445 e. The van der Waals surface area contributed by atoms with Gasteiger partial charge in [0.2, 0.25) is 0 Å². The lowest BCUT2D eigenvalue weighted by atomic mass is 9.90. The zero-order chi connectivity index (χ0) is 11.9. The molecule has 1 fully saturated rings. The number of hydrogen-bond acceptors (Lipinski definition) is 3. The van der Waals surface area contributed by atoms with Crippen molar-refractivity contribution in [2.24, 2.45) is 5.73 Å². The van der Waals surface area contributed by atoms with Crippen LogP contribution in [-0.4, -0.2) is 30.2 Å². The van der Waals surface area contributed by atoms with Gasteiger partial charge in [0.15, 0.2) is 0 Å². The average Bonchev–Trinajstić information content (AvgIpc) is 2.36. The molecule has 0 amide bonds. The maximum atomic E-state index is 5.99. The Kier molecular flexibility index (Phi) is 6.32. The monoisotopic (exact) mass is 227 g/mol. The van der Waals surface area contributed by atoms with Gasteiger partial charge in [-0.2, -0.15) is 0 Å². The van der Waals surface area contributed by atoms with Gasteiger partial charge in [0, 0.05) is 25.2 Å². The molecule has 0 aromatic rings. The molecular formula is C13H29N3. The summed E-state index contributed by atoms with van der Waals surface area (Å²) in [7, 11) is 0. The van der Waals surface area contributed by atoms with Crippen molar-refractivity contribution < 1.29 is 0 Å². The molecule has 3 nitrogen and oxygen atoms in total. The zero-order valence-corrected chi connectivity index (χ0v) is 11.1. The van der Waals surface area contributed by atoms with Crippen LogP contribution in [0.3, 0.4) is 0 Å². The molecule has 1 atom stereocenters. The van der Waals surface area contributed by atoms with Crippen LogP contribution in [0, 0.1) is 0 Å². The Morgan fingerprint density at radius 3 is 2.38 bits per heavy atom. The van der Waals surface area contributed by atoms with Crippen molar-refractivity contribution in [1.29, 1.82) is 0 Å². The highest BCUT2D eigenvalue weighted by atomic mass is 15.5. The molecule has 1 unspecified atom stereocenters. The highest BCUT2D eigenvalue weighted by Crippen LogP contribution is 2.19. The molecule has 0 saturated carbocycles. The van der Waals surface area contributed by atoms with Crippen LogP contribution in [0.1, 0.15) is 58.8 Å². The fourth-order valence-corrected chi connectivity index (χ4v) is 2.46. The van der Waals surface area contributed by atoms with Gasteiger partial charge in [0.1, 0.15) is 0 Å². The van der Waals surface area contributed by atoms with E-state index < -0.39 is 0 Å². The number of nitrogens with zero attached hydrogens (tertiary/aromatic N) is 1. The molecule has 1 saturated heterocycles. The predicted octanol–water partition coefficient (Wildman–Crippen LogP) is 2.27. The quantitative estimate of drug-likeness (QED) is 0.701. The van der Waals surface area contributed by atoms with E-state index in [-0.39, 0.29) is 5.54 Å². The Labute approximate surface area is 101 Å². The number of nitrogens with two attached hydrogens (primary N) is 1. The highest BCUT2D eigenvalue weighted by molar-refractivity contribution is 4.87. The first kappa shape index (κ1) is 13.9. The second-order valence-electron chi connectivity index (χ2n) is 5.10. The van der Waals surface area contributed by atoms with Crippen molar-refractivity contribution in [2.75, 3.05) is 19.6 Å². The Hall–Kier alpha value is -0.120. The molecule has 16 heavy (non-hydrogen) atoms. The van der Waals surface area contributed by atoms with Crippen molar-refractivity contribution in [3.63, 3.8) is 0 Å². The summed E-state index contributed by atoms with van der Waals surface area (Å²) in [5.74, 6) is 0. The first-order valence-electron chi connectivity index (χ1n) is 6.99. The fraction of sp³-hybridized carbons (Fsp3) is 1.00. The third kappa shape index (κ3) is 4.04. The summed E-state index contributed by atoms with van der Waals surface area (Å²) < 4.78 is 0. The van der Waals surface area contributed by atoms with Crippen LogP contribution in [0.5, 0.6) is 0 Å². The van der Waals surface area contributed by atoms with E-state index in [1.54, 1.807) is 0 Å². The average molecular weight is 227 g/mol. The summed E-state index contributed by atoms with van der Waals surface area (Å²) in [6.45, 7) is 7.62. The van der Waals surface area contributed by atoms with E-state index in [1.807, 2.05) is 0 Å². The molecule has 0 aliphatic carbocycles. The van der Waals surface area contributed by atoms with Gasteiger partial charge in [-0.15, -0.1) is 0 Å². The van der Waals surface area contributed by atoms with E-state index in [4.69, 9.17) is 5.73 Å². The van der Waals surface area contributed by atoms with Gasteiger partial charge in [-0.1, -0.05) is 33.1 Å². The Balaban J connectivity index is 2.46. The molecule has 3 N–H and O–H groups in total. The minimum absolute atomic E-state index is 0.146. The molecule has 3 heteroatoms. The Morgan fingerprint density at radius 2 is 1.88 bits per heavy atom. The SMILES string of the molecule is CCCCC(CC)(CN)NN1CCCCC1. The Morgan fingerprint density at radius 1 is 1.19 bits per heavy atom. The first-order chi connectivity index (χ1) is 7.76. The number of hydrogen-bond donors (Lipinski definition) is 2. The molecule has 1 aliphatic rings. The standard InChI is InChI=1S/C13H29N3/c1-3-5-9-13(4-2,12-14)15-16-10-7-6-8-11-16/h15H,3-12,14H2,1-2H3. The van der Waals surface area contributed by atoms with Crippen molar-refractivity contribution in [2.45, 2.75) is 64.3 Å². The van der Waals surface area contributed by atoms with E-state index >= 15 is 0 Å². The molecular weight excluding hydrogens is 198 g/mol. The molecule has 1 rings (SSSR count). The maximum Gasteiger partial charge on any atom is 0.0445 e. The van der Waals surface area contributed by atoms with Crippen molar-refractivity contribution in [1.82, 2.24) is 10.4 Å². The van der Waals surface area contributed by atoms with Crippen LogP contribution in [0.4, 0.5) is 0 Å². The van der Waals surface area contributed by atoms with Gasteiger partial charge in [0.25, 0.3) is 0 Å². The van der Waals surface area contributed by atoms with E-state index in [1.165, 1.54) is 51.6 Å².